The van der Waals surface area contributed by atoms with Crippen LogP contribution in [0.4, 0.5) is 14.4 Å². The first-order chi connectivity index (χ1) is 16.0. The molecule has 184 valence electrons. The van der Waals surface area contributed by atoms with Crippen LogP contribution in [0.5, 0.6) is 11.5 Å². The van der Waals surface area contributed by atoms with Crippen molar-refractivity contribution in [3.63, 3.8) is 0 Å². The summed E-state index contributed by atoms with van der Waals surface area (Å²) < 4.78 is 10.7. The lowest BCUT2D eigenvalue weighted by Crippen LogP contribution is -2.51. The molecule has 5 N–H and O–H groups in total. The van der Waals surface area contributed by atoms with Gasteiger partial charge in [-0.15, -0.1) is 0 Å². The summed E-state index contributed by atoms with van der Waals surface area (Å²) in [6, 6.07) is 18.0. The van der Waals surface area contributed by atoms with Crippen molar-refractivity contribution in [1.29, 1.82) is 0 Å². The van der Waals surface area contributed by atoms with Crippen molar-refractivity contribution in [2.75, 3.05) is 6.54 Å². The third-order valence-electron chi connectivity index (χ3n) is 5.33. The summed E-state index contributed by atoms with van der Waals surface area (Å²) in [7, 11) is 0. The summed E-state index contributed by atoms with van der Waals surface area (Å²) >= 11 is 0. The van der Waals surface area contributed by atoms with Gasteiger partial charge in [-0.05, 0) is 54.4 Å². The smallest absolute Gasteiger partial charge is 0.412 e. The molecule has 1 aliphatic carbocycles. The maximum atomic E-state index is 12.3. The number of carboxylic acid groups (broad SMARTS) is 1. The fourth-order valence-corrected chi connectivity index (χ4v) is 4.58. The summed E-state index contributed by atoms with van der Waals surface area (Å²) in [6.07, 6.45) is 0.256. The Morgan fingerprint density at radius 2 is 1.38 bits per heavy atom. The number of primary amides is 1. The monoisotopic (exact) mass is 471 g/mol. The van der Waals surface area contributed by atoms with Crippen LogP contribution in [0.2, 0.25) is 0 Å². The van der Waals surface area contributed by atoms with E-state index in [1.54, 1.807) is 24.3 Å². The minimum atomic E-state index is -1.33. The second-order valence-corrected chi connectivity index (χ2v) is 9.50. The van der Waals surface area contributed by atoms with Crippen molar-refractivity contribution < 1.29 is 29.0 Å². The van der Waals surface area contributed by atoms with Gasteiger partial charge in [-0.2, -0.15) is 0 Å². The van der Waals surface area contributed by atoms with E-state index < -0.39 is 18.3 Å². The van der Waals surface area contributed by atoms with E-state index >= 15 is 0 Å². The molecule has 1 aliphatic rings. The van der Waals surface area contributed by atoms with Crippen LogP contribution in [0.1, 0.15) is 40.0 Å². The number of carbonyl (C=O) groups is 3. The molecule has 1 saturated carbocycles. The Labute approximate surface area is 199 Å². The van der Waals surface area contributed by atoms with Gasteiger partial charge in [0.2, 0.25) is 0 Å². The number of nitrogens with two attached hydrogens (primary N) is 1. The zero-order chi connectivity index (χ0) is 25.2. The Morgan fingerprint density at radius 1 is 0.912 bits per heavy atom. The number of rotatable bonds is 5. The first-order valence-electron chi connectivity index (χ1n) is 11.0. The van der Waals surface area contributed by atoms with E-state index in [2.05, 4.69) is 37.1 Å². The van der Waals surface area contributed by atoms with Crippen molar-refractivity contribution in [2.45, 2.75) is 46.1 Å². The van der Waals surface area contributed by atoms with Crippen LogP contribution < -0.4 is 25.8 Å². The Balaban J connectivity index is 0.000000945. The van der Waals surface area contributed by atoms with Crippen LogP contribution >= 0.6 is 0 Å². The minimum Gasteiger partial charge on any atom is -0.465 e. The lowest BCUT2D eigenvalue weighted by Gasteiger charge is -2.46. The van der Waals surface area contributed by atoms with Crippen LogP contribution in [0.15, 0.2) is 60.7 Å². The summed E-state index contributed by atoms with van der Waals surface area (Å²) in [6.45, 7) is 6.97. The lowest BCUT2D eigenvalue weighted by molar-refractivity contribution is 0.0701. The second-order valence-electron chi connectivity index (χ2n) is 9.50. The van der Waals surface area contributed by atoms with Gasteiger partial charge in [-0.3, -0.25) is 0 Å². The van der Waals surface area contributed by atoms with Crippen LogP contribution in [0.3, 0.4) is 0 Å². The van der Waals surface area contributed by atoms with Gasteiger partial charge in [0.1, 0.15) is 11.5 Å². The molecule has 2 atom stereocenters. The molecule has 3 amide bonds. The molecule has 0 spiro atoms. The van der Waals surface area contributed by atoms with Crippen molar-refractivity contribution in [3.05, 3.63) is 60.7 Å². The van der Waals surface area contributed by atoms with E-state index in [-0.39, 0.29) is 16.9 Å². The molecular weight excluding hydrogens is 438 g/mol. The second kappa shape index (κ2) is 11.9. The Bertz CT molecular complexity index is 948. The van der Waals surface area contributed by atoms with Gasteiger partial charge in [0.25, 0.3) is 0 Å². The molecule has 0 aliphatic heterocycles. The minimum absolute atomic E-state index is 0.0166. The maximum Gasteiger partial charge on any atom is 0.412 e. The molecule has 9 heteroatoms. The highest BCUT2D eigenvalue weighted by Gasteiger charge is 2.42. The van der Waals surface area contributed by atoms with Crippen LogP contribution in [-0.2, 0) is 0 Å². The number of hydrogen-bond donors (Lipinski definition) is 4. The Hall–Kier alpha value is -3.75. The highest BCUT2D eigenvalue weighted by molar-refractivity contribution is 5.71. The van der Waals surface area contributed by atoms with Crippen LogP contribution in [0, 0.1) is 10.8 Å². The Morgan fingerprint density at radius 3 is 1.88 bits per heavy atom. The lowest BCUT2D eigenvalue weighted by atomic mass is 9.62. The predicted octanol–water partition coefficient (Wildman–Crippen LogP) is 4.77. The number of para-hydroxylation sites is 2. The van der Waals surface area contributed by atoms with E-state index in [4.69, 9.17) is 19.4 Å². The van der Waals surface area contributed by atoms with E-state index in [0.717, 1.165) is 19.3 Å². The van der Waals surface area contributed by atoms with Gasteiger partial charge in [-0.25, -0.2) is 14.4 Å². The summed E-state index contributed by atoms with van der Waals surface area (Å²) in [5.41, 5.74) is 3.87. The van der Waals surface area contributed by atoms with Gasteiger partial charge in [0.05, 0.1) is 0 Å². The summed E-state index contributed by atoms with van der Waals surface area (Å²) in [4.78, 5) is 33.3. The average molecular weight is 472 g/mol. The summed E-state index contributed by atoms with van der Waals surface area (Å²) in [5.74, 6) is 1.02. The van der Waals surface area contributed by atoms with Gasteiger partial charge in [0, 0.05) is 12.6 Å². The third-order valence-corrected chi connectivity index (χ3v) is 5.33. The molecule has 3 rings (SSSR count). The average Bonchev–Trinajstić information content (AvgIpc) is 2.72. The molecule has 2 aromatic carbocycles. The number of amides is 3. The largest absolute Gasteiger partial charge is 0.465 e. The van der Waals surface area contributed by atoms with Crippen molar-refractivity contribution in [1.82, 2.24) is 10.6 Å². The van der Waals surface area contributed by atoms with E-state index in [1.165, 1.54) is 0 Å². The van der Waals surface area contributed by atoms with Crippen molar-refractivity contribution >= 4 is 18.3 Å². The van der Waals surface area contributed by atoms with Gasteiger partial charge in [0.15, 0.2) is 0 Å². The van der Waals surface area contributed by atoms with E-state index in [9.17, 15) is 9.59 Å². The highest BCUT2D eigenvalue weighted by Crippen LogP contribution is 2.45. The fraction of sp³-hybridized carbons (Fsp3) is 0.400. The highest BCUT2D eigenvalue weighted by atomic mass is 16.6. The van der Waals surface area contributed by atoms with Gasteiger partial charge >= 0.3 is 18.3 Å². The number of benzene rings is 2. The topological polar surface area (TPSA) is 140 Å². The first-order valence-corrected chi connectivity index (χ1v) is 11.0. The summed E-state index contributed by atoms with van der Waals surface area (Å²) in [5, 5.41) is 13.1. The Kier molecular flexibility index (Phi) is 9.29. The molecule has 34 heavy (non-hydrogen) atoms. The fourth-order valence-electron chi connectivity index (χ4n) is 4.58. The van der Waals surface area contributed by atoms with E-state index in [1.807, 2.05) is 36.4 Å². The van der Waals surface area contributed by atoms with Crippen LogP contribution in [-0.4, -0.2) is 36.0 Å². The molecule has 0 aromatic heterocycles. The predicted molar refractivity (Wildman–Crippen MR) is 128 cm³/mol. The van der Waals surface area contributed by atoms with E-state index in [0.29, 0.717) is 18.0 Å². The van der Waals surface area contributed by atoms with Crippen molar-refractivity contribution in [3.8, 4) is 11.5 Å². The molecule has 0 radical (unpaired) electrons. The molecule has 2 unspecified atom stereocenters. The molecule has 0 saturated heterocycles. The molecule has 9 nitrogen and oxygen atoms in total. The zero-order valence-electron chi connectivity index (χ0n) is 19.7. The van der Waals surface area contributed by atoms with Gasteiger partial charge < -0.3 is 30.9 Å². The normalized spacial score (nSPS) is 20.6. The number of ether oxygens (including phenoxy) is 2. The SMILES string of the molecule is CC1(C)CC(NC(=O)Oc2ccccc2)CC(C)(CNC(=O)Oc2ccccc2)C1.NC(=O)O. The zero-order valence-corrected chi connectivity index (χ0v) is 19.7. The van der Waals surface area contributed by atoms with Gasteiger partial charge in [-0.1, -0.05) is 57.2 Å². The molecule has 1 fully saturated rings. The van der Waals surface area contributed by atoms with Crippen LogP contribution in [0.25, 0.3) is 0 Å². The molecule has 0 heterocycles. The standard InChI is InChI=1S/C24H30N2O4.CH3NO2/c1-23(2)14-18(26-22(28)30-20-12-8-5-9-13-20)15-24(3,16-23)17-25-21(27)29-19-10-6-4-7-11-19;2-1(3)4/h4-13,18H,14-17H2,1-3H3,(H,25,27)(H,26,28);2H2,(H,3,4). The number of hydrogen-bond acceptors (Lipinski definition) is 5. The molecule has 2 aromatic rings. The number of nitrogens with one attached hydrogen (secondary N) is 2. The maximum absolute atomic E-state index is 12.3. The quantitative estimate of drug-likeness (QED) is 0.495. The molecular formula is C25H33N3O6. The first kappa shape index (κ1) is 26.5. The third kappa shape index (κ3) is 9.81. The number of carbonyl (C=O) groups excluding carboxylic acids is 2. The molecule has 0 bridgehead atoms. The van der Waals surface area contributed by atoms with Crippen molar-refractivity contribution in [2.24, 2.45) is 16.6 Å².